The van der Waals surface area contributed by atoms with Crippen molar-refractivity contribution in [2.24, 2.45) is 0 Å². The van der Waals surface area contributed by atoms with Crippen LogP contribution in [-0.2, 0) is 0 Å². The summed E-state index contributed by atoms with van der Waals surface area (Å²) in [4.78, 5) is 0. The van der Waals surface area contributed by atoms with E-state index in [-0.39, 0.29) is 6.42 Å². The van der Waals surface area contributed by atoms with Crippen molar-refractivity contribution in [3.8, 4) is 0 Å². The van der Waals surface area contributed by atoms with Gasteiger partial charge in [-0.15, -0.1) is 6.58 Å². The predicted molar refractivity (Wildman–Crippen MR) is 35.0 cm³/mol. The number of hydrogen-bond donors (Lipinski definition) is 0. The molecule has 0 aromatic rings. The van der Waals surface area contributed by atoms with E-state index in [1.54, 1.807) is 0 Å². The lowest BCUT2D eigenvalue weighted by atomic mass is 10.1. The largest absolute Gasteiger partial charge is 0.419 e. The zero-order valence-corrected chi connectivity index (χ0v) is 5.99. The molecule has 0 fully saturated rings. The van der Waals surface area contributed by atoms with Crippen LogP contribution in [0.2, 0.25) is 0 Å². The molecule has 0 nitrogen and oxygen atoms in total. The van der Waals surface area contributed by atoms with Crippen molar-refractivity contribution in [1.29, 1.82) is 0 Å². The molecule has 0 heterocycles. The summed E-state index contributed by atoms with van der Waals surface area (Å²) in [5.41, 5.74) is 0. The standard InChI is InChI=1S/C7H10F4/c1-2-3-4-5-6(8)7(9,10)11/h2,6H,1,3-5H2. The van der Waals surface area contributed by atoms with Crippen LogP contribution >= 0.6 is 0 Å². The summed E-state index contributed by atoms with van der Waals surface area (Å²) in [5.74, 6) is 0. The van der Waals surface area contributed by atoms with Crippen LogP contribution in [0.5, 0.6) is 0 Å². The number of hydrogen-bond acceptors (Lipinski definition) is 0. The molecule has 1 unspecified atom stereocenters. The molecule has 66 valence electrons. The van der Waals surface area contributed by atoms with Crippen molar-refractivity contribution in [2.75, 3.05) is 0 Å². The molecule has 0 spiro atoms. The fourth-order valence-electron chi connectivity index (χ4n) is 0.605. The summed E-state index contributed by atoms with van der Waals surface area (Å²) in [6, 6.07) is 0. The van der Waals surface area contributed by atoms with Gasteiger partial charge in [0.15, 0.2) is 6.17 Å². The van der Waals surface area contributed by atoms with Crippen LogP contribution in [0.4, 0.5) is 17.6 Å². The molecule has 0 aliphatic rings. The summed E-state index contributed by atoms with van der Waals surface area (Å²) in [6.07, 6.45) is -5.73. The molecule has 0 bridgehead atoms. The summed E-state index contributed by atoms with van der Waals surface area (Å²) < 4.78 is 46.5. The van der Waals surface area contributed by atoms with Crippen LogP contribution < -0.4 is 0 Å². The number of alkyl halides is 4. The highest BCUT2D eigenvalue weighted by Crippen LogP contribution is 2.26. The van der Waals surface area contributed by atoms with Crippen molar-refractivity contribution in [3.05, 3.63) is 12.7 Å². The Morgan fingerprint density at radius 1 is 1.36 bits per heavy atom. The monoisotopic (exact) mass is 170 g/mol. The molecule has 0 aromatic carbocycles. The molecule has 0 saturated heterocycles. The van der Waals surface area contributed by atoms with Crippen molar-refractivity contribution in [2.45, 2.75) is 31.6 Å². The van der Waals surface area contributed by atoms with Gasteiger partial charge in [0, 0.05) is 0 Å². The Kier molecular flexibility index (Phi) is 4.15. The van der Waals surface area contributed by atoms with E-state index in [1.807, 2.05) is 0 Å². The highest BCUT2D eigenvalue weighted by atomic mass is 19.4. The van der Waals surface area contributed by atoms with Crippen LogP contribution in [0, 0.1) is 0 Å². The van der Waals surface area contributed by atoms with Gasteiger partial charge in [-0.2, -0.15) is 13.2 Å². The van der Waals surface area contributed by atoms with E-state index in [4.69, 9.17) is 0 Å². The fraction of sp³-hybridized carbons (Fsp3) is 0.714. The molecule has 0 amide bonds. The maximum absolute atomic E-state index is 12.1. The minimum atomic E-state index is -4.69. The third-order valence-electron chi connectivity index (χ3n) is 1.22. The summed E-state index contributed by atoms with van der Waals surface area (Å²) in [5, 5.41) is 0. The molecule has 0 radical (unpaired) electrons. The molecule has 0 saturated carbocycles. The molecular formula is C7H10F4. The maximum Gasteiger partial charge on any atom is 0.419 e. The van der Waals surface area contributed by atoms with Gasteiger partial charge in [0.05, 0.1) is 0 Å². The number of allylic oxidation sites excluding steroid dienone is 1. The van der Waals surface area contributed by atoms with Gasteiger partial charge in [-0.25, -0.2) is 4.39 Å². The fourth-order valence-corrected chi connectivity index (χ4v) is 0.605. The van der Waals surface area contributed by atoms with Gasteiger partial charge in [-0.3, -0.25) is 0 Å². The first-order valence-electron chi connectivity index (χ1n) is 3.30. The molecule has 0 aliphatic carbocycles. The number of unbranched alkanes of at least 4 members (excludes halogenated alkanes) is 1. The highest BCUT2D eigenvalue weighted by molar-refractivity contribution is 4.70. The Morgan fingerprint density at radius 3 is 2.27 bits per heavy atom. The van der Waals surface area contributed by atoms with Crippen LogP contribution in [0.3, 0.4) is 0 Å². The smallest absolute Gasteiger partial charge is 0.237 e. The van der Waals surface area contributed by atoms with Crippen molar-refractivity contribution >= 4 is 0 Å². The highest BCUT2D eigenvalue weighted by Gasteiger charge is 2.39. The molecular weight excluding hydrogens is 160 g/mol. The summed E-state index contributed by atoms with van der Waals surface area (Å²) >= 11 is 0. The summed E-state index contributed by atoms with van der Waals surface area (Å²) in [7, 11) is 0. The quantitative estimate of drug-likeness (QED) is 0.345. The van der Waals surface area contributed by atoms with Crippen molar-refractivity contribution in [3.63, 3.8) is 0 Å². The molecule has 0 aromatic heterocycles. The average Bonchev–Trinajstić information content (AvgIpc) is 1.86. The zero-order chi connectivity index (χ0) is 8.91. The van der Waals surface area contributed by atoms with E-state index in [9.17, 15) is 17.6 Å². The summed E-state index contributed by atoms with van der Waals surface area (Å²) in [6.45, 7) is 3.32. The van der Waals surface area contributed by atoms with Gasteiger partial charge in [-0.05, 0) is 19.3 Å². The Hall–Kier alpha value is -0.540. The lowest BCUT2D eigenvalue weighted by Crippen LogP contribution is -2.23. The Labute approximate surface area is 62.9 Å². The van der Waals surface area contributed by atoms with E-state index in [2.05, 4.69) is 6.58 Å². The third kappa shape index (κ3) is 4.81. The van der Waals surface area contributed by atoms with E-state index >= 15 is 0 Å². The van der Waals surface area contributed by atoms with Crippen LogP contribution in [0.1, 0.15) is 19.3 Å². The number of halogens is 4. The normalized spacial score (nSPS) is 14.5. The van der Waals surface area contributed by atoms with Crippen LogP contribution in [0.15, 0.2) is 12.7 Å². The van der Waals surface area contributed by atoms with Gasteiger partial charge in [0.1, 0.15) is 0 Å². The molecule has 1 atom stereocenters. The van der Waals surface area contributed by atoms with Crippen LogP contribution in [0.25, 0.3) is 0 Å². The Morgan fingerprint density at radius 2 is 1.91 bits per heavy atom. The first kappa shape index (κ1) is 10.5. The van der Waals surface area contributed by atoms with E-state index < -0.39 is 18.8 Å². The number of rotatable bonds is 4. The first-order valence-corrected chi connectivity index (χ1v) is 3.30. The lowest BCUT2D eigenvalue weighted by molar-refractivity contribution is -0.182. The zero-order valence-electron chi connectivity index (χ0n) is 5.99. The minimum absolute atomic E-state index is 0.199. The molecule has 0 N–H and O–H groups in total. The van der Waals surface area contributed by atoms with Crippen molar-refractivity contribution in [1.82, 2.24) is 0 Å². The second-order valence-corrected chi connectivity index (χ2v) is 2.23. The van der Waals surface area contributed by atoms with Gasteiger partial charge in [0.2, 0.25) is 0 Å². The average molecular weight is 170 g/mol. The van der Waals surface area contributed by atoms with E-state index in [0.717, 1.165) is 0 Å². The van der Waals surface area contributed by atoms with E-state index in [0.29, 0.717) is 6.42 Å². The van der Waals surface area contributed by atoms with E-state index in [1.165, 1.54) is 6.08 Å². The van der Waals surface area contributed by atoms with Crippen LogP contribution in [-0.4, -0.2) is 12.3 Å². The third-order valence-corrected chi connectivity index (χ3v) is 1.22. The minimum Gasteiger partial charge on any atom is -0.237 e. The molecule has 11 heavy (non-hydrogen) atoms. The molecule has 0 aliphatic heterocycles. The molecule has 0 rings (SSSR count). The van der Waals surface area contributed by atoms with Crippen molar-refractivity contribution < 1.29 is 17.6 Å². The Bertz CT molecular complexity index is 116. The van der Waals surface area contributed by atoms with Gasteiger partial charge >= 0.3 is 6.18 Å². The van der Waals surface area contributed by atoms with Gasteiger partial charge in [0.25, 0.3) is 0 Å². The Balaban J connectivity index is 3.52. The van der Waals surface area contributed by atoms with Gasteiger partial charge < -0.3 is 0 Å². The molecule has 4 heteroatoms. The van der Waals surface area contributed by atoms with Gasteiger partial charge in [-0.1, -0.05) is 6.08 Å². The second kappa shape index (κ2) is 4.36. The first-order chi connectivity index (χ1) is 4.98. The topological polar surface area (TPSA) is 0 Å². The second-order valence-electron chi connectivity index (χ2n) is 2.23. The maximum atomic E-state index is 12.1. The predicted octanol–water partition coefficient (Wildman–Crippen LogP) is 3.24. The SMILES string of the molecule is C=CCCCC(F)C(F)(F)F. The lowest BCUT2D eigenvalue weighted by Gasteiger charge is -2.10.